The number of nitrogens with zero attached hydrogens (tertiary/aromatic N) is 1. The van der Waals surface area contributed by atoms with E-state index in [9.17, 15) is 0 Å². The molecule has 0 aliphatic rings. The molecule has 2 aromatic rings. The fourth-order valence-electron chi connectivity index (χ4n) is 1.96. The van der Waals surface area contributed by atoms with Crippen molar-refractivity contribution >= 4 is 35.6 Å². The molecule has 0 heterocycles. The number of guanidine groups is 1. The van der Waals surface area contributed by atoms with Crippen molar-refractivity contribution in [1.82, 2.24) is 0 Å². The van der Waals surface area contributed by atoms with E-state index in [-0.39, 0.29) is 24.0 Å². The summed E-state index contributed by atoms with van der Waals surface area (Å²) >= 11 is 0. The van der Waals surface area contributed by atoms with E-state index in [1.54, 1.807) is 0 Å². The molecule has 0 fully saturated rings. The molecule has 2 rings (SSSR count). The van der Waals surface area contributed by atoms with Crippen molar-refractivity contribution in [2.75, 3.05) is 11.9 Å². The molecule has 0 saturated carbocycles. The van der Waals surface area contributed by atoms with E-state index in [1.165, 1.54) is 5.56 Å². The van der Waals surface area contributed by atoms with Gasteiger partial charge in [-0.25, -0.2) is 4.99 Å². The predicted molar refractivity (Wildman–Crippen MR) is 103 cm³/mol. The van der Waals surface area contributed by atoms with E-state index in [4.69, 9.17) is 10.5 Å². The minimum absolute atomic E-state index is 0. The van der Waals surface area contributed by atoms with Crippen LogP contribution < -0.4 is 15.8 Å². The molecule has 3 N–H and O–H groups in total. The summed E-state index contributed by atoms with van der Waals surface area (Å²) in [5.74, 6) is 1.26. The average molecular weight is 411 g/mol. The summed E-state index contributed by atoms with van der Waals surface area (Å²) in [7, 11) is 0. The molecule has 0 amide bonds. The van der Waals surface area contributed by atoms with E-state index in [0.717, 1.165) is 17.0 Å². The summed E-state index contributed by atoms with van der Waals surface area (Å²) in [6, 6.07) is 15.8. The van der Waals surface area contributed by atoms with Gasteiger partial charge in [-0.05, 0) is 37.6 Å². The molecule has 22 heavy (non-hydrogen) atoms. The SMILES string of the molecule is CCOc1cc(C)ccc1CN=C(N)Nc1ccccc1.I. The second-order valence-corrected chi connectivity index (χ2v) is 4.74. The molecule has 0 aromatic heterocycles. The lowest BCUT2D eigenvalue weighted by Gasteiger charge is -2.10. The summed E-state index contributed by atoms with van der Waals surface area (Å²) in [5.41, 5.74) is 9.03. The molecule has 0 spiro atoms. The number of anilines is 1. The number of ether oxygens (including phenoxy) is 1. The third-order valence-electron chi connectivity index (χ3n) is 2.99. The van der Waals surface area contributed by atoms with Gasteiger partial charge in [0.1, 0.15) is 5.75 Å². The number of hydrogen-bond acceptors (Lipinski definition) is 2. The van der Waals surface area contributed by atoms with Crippen LogP contribution in [0, 0.1) is 6.92 Å². The van der Waals surface area contributed by atoms with Crippen molar-refractivity contribution in [3.05, 3.63) is 59.7 Å². The summed E-state index contributed by atoms with van der Waals surface area (Å²) in [6.45, 7) is 5.14. The van der Waals surface area contributed by atoms with E-state index < -0.39 is 0 Å². The van der Waals surface area contributed by atoms with Crippen molar-refractivity contribution in [2.45, 2.75) is 20.4 Å². The molecule has 0 aliphatic heterocycles. The third kappa shape index (κ3) is 5.55. The van der Waals surface area contributed by atoms with Crippen molar-refractivity contribution in [3.63, 3.8) is 0 Å². The molecular weight excluding hydrogens is 389 g/mol. The number of aryl methyl sites for hydroxylation is 1. The predicted octanol–water partition coefficient (Wildman–Crippen LogP) is 3.94. The topological polar surface area (TPSA) is 59.6 Å². The molecule has 118 valence electrons. The Morgan fingerprint density at radius 1 is 1.18 bits per heavy atom. The van der Waals surface area contributed by atoms with Crippen LogP contribution in [-0.2, 0) is 6.54 Å². The molecule has 5 heteroatoms. The normalized spacial score (nSPS) is 10.7. The van der Waals surface area contributed by atoms with E-state index in [2.05, 4.69) is 10.3 Å². The molecule has 0 bridgehead atoms. The summed E-state index contributed by atoms with van der Waals surface area (Å²) in [4.78, 5) is 4.37. The maximum absolute atomic E-state index is 5.91. The summed E-state index contributed by atoms with van der Waals surface area (Å²) in [6.07, 6.45) is 0. The van der Waals surface area contributed by atoms with Crippen LogP contribution in [-0.4, -0.2) is 12.6 Å². The molecule has 0 atom stereocenters. The van der Waals surface area contributed by atoms with E-state index >= 15 is 0 Å². The van der Waals surface area contributed by atoms with Crippen molar-refractivity contribution in [1.29, 1.82) is 0 Å². The third-order valence-corrected chi connectivity index (χ3v) is 2.99. The Bertz CT molecular complexity index is 615. The van der Waals surface area contributed by atoms with Gasteiger partial charge in [-0.1, -0.05) is 30.3 Å². The lowest BCUT2D eigenvalue weighted by Crippen LogP contribution is -2.22. The number of nitrogens with one attached hydrogen (secondary N) is 1. The van der Waals surface area contributed by atoms with Gasteiger partial charge in [0, 0.05) is 11.3 Å². The molecule has 0 saturated heterocycles. The number of halogens is 1. The Labute approximate surface area is 148 Å². The van der Waals surface area contributed by atoms with Crippen LogP contribution in [0.25, 0.3) is 0 Å². The monoisotopic (exact) mass is 411 g/mol. The van der Waals surface area contributed by atoms with Crippen LogP contribution in [0.2, 0.25) is 0 Å². The highest BCUT2D eigenvalue weighted by Gasteiger charge is 2.03. The zero-order chi connectivity index (χ0) is 15.1. The smallest absolute Gasteiger partial charge is 0.193 e. The molecular formula is C17H22IN3O. The van der Waals surface area contributed by atoms with Gasteiger partial charge in [0.05, 0.1) is 13.2 Å². The Kier molecular flexibility index (Phi) is 7.73. The van der Waals surface area contributed by atoms with Gasteiger partial charge < -0.3 is 15.8 Å². The van der Waals surface area contributed by atoms with Crippen LogP contribution in [0.4, 0.5) is 5.69 Å². The molecule has 0 aliphatic carbocycles. The van der Waals surface area contributed by atoms with Crippen LogP contribution in [0.15, 0.2) is 53.5 Å². The van der Waals surface area contributed by atoms with Gasteiger partial charge >= 0.3 is 0 Å². The Morgan fingerprint density at radius 3 is 2.59 bits per heavy atom. The Hall–Kier alpha value is -1.76. The Balaban J connectivity index is 0.00000242. The van der Waals surface area contributed by atoms with Crippen LogP contribution >= 0.6 is 24.0 Å². The fraction of sp³-hybridized carbons (Fsp3) is 0.235. The fourth-order valence-corrected chi connectivity index (χ4v) is 1.96. The van der Waals surface area contributed by atoms with Crippen LogP contribution in [0.5, 0.6) is 5.75 Å². The first-order valence-electron chi connectivity index (χ1n) is 7.03. The Morgan fingerprint density at radius 2 is 1.91 bits per heavy atom. The zero-order valence-corrected chi connectivity index (χ0v) is 15.2. The number of aliphatic imine (C=N–C) groups is 1. The van der Waals surface area contributed by atoms with Gasteiger partial charge in [0.15, 0.2) is 5.96 Å². The van der Waals surface area contributed by atoms with Crippen molar-refractivity contribution in [3.8, 4) is 5.75 Å². The number of hydrogen-bond donors (Lipinski definition) is 2. The van der Waals surface area contributed by atoms with Gasteiger partial charge in [0.2, 0.25) is 0 Å². The zero-order valence-electron chi connectivity index (χ0n) is 12.9. The number of benzene rings is 2. The van der Waals surface area contributed by atoms with Crippen molar-refractivity contribution < 1.29 is 4.74 Å². The summed E-state index contributed by atoms with van der Waals surface area (Å²) < 4.78 is 5.64. The first-order chi connectivity index (χ1) is 10.2. The van der Waals surface area contributed by atoms with Crippen molar-refractivity contribution in [2.24, 2.45) is 10.7 Å². The van der Waals surface area contributed by atoms with Gasteiger partial charge in [0.25, 0.3) is 0 Å². The number of nitrogens with two attached hydrogens (primary N) is 1. The number of para-hydroxylation sites is 1. The average Bonchev–Trinajstić information content (AvgIpc) is 2.48. The molecule has 4 nitrogen and oxygen atoms in total. The first kappa shape index (κ1) is 18.3. The molecule has 2 aromatic carbocycles. The van der Waals surface area contributed by atoms with E-state index in [0.29, 0.717) is 19.1 Å². The maximum atomic E-state index is 5.91. The highest BCUT2D eigenvalue weighted by molar-refractivity contribution is 14.0. The first-order valence-corrected chi connectivity index (χ1v) is 7.03. The minimum atomic E-state index is 0. The summed E-state index contributed by atoms with van der Waals surface area (Å²) in [5, 5.41) is 3.06. The van der Waals surface area contributed by atoms with Crippen LogP contribution in [0.1, 0.15) is 18.1 Å². The second-order valence-electron chi connectivity index (χ2n) is 4.74. The van der Waals surface area contributed by atoms with Gasteiger partial charge in [-0.15, -0.1) is 24.0 Å². The molecule has 0 unspecified atom stereocenters. The maximum Gasteiger partial charge on any atom is 0.193 e. The lowest BCUT2D eigenvalue weighted by molar-refractivity contribution is 0.336. The minimum Gasteiger partial charge on any atom is -0.494 e. The van der Waals surface area contributed by atoms with Gasteiger partial charge in [-0.2, -0.15) is 0 Å². The second kappa shape index (κ2) is 9.30. The lowest BCUT2D eigenvalue weighted by atomic mass is 10.1. The van der Waals surface area contributed by atoms with E-state index in [1.807, 2.05) is 62.4 Å². The largest absolute Gasteiger partial charge is 0.494 e. The van der Waals surface area contributed by atoms with Crippen LogP contribution in [0.3, 0.4) is 0 Å². The van der Waals surface area contributed by atoms with Gasteiger partial charge in [-0.3, -0.25) is 0 Å². The molecule has 0 radical (unpaired) electrons. The standard InChI is InChI=1S/C17H21N3O.HI/c1-3-21-16-11-13(2)9-10-14(16)12-19-17(18)20-15-7-5-4-6-8-15;/h4-11H,3,12H2,1-2H3,(H3,18,19,20);1H. The highest BCUT2D eigenvalue weighted by atomic mass is 127. The quantitative estimate of drug-likeness (QED) is 0.445. The highest BCUT2D eigenvalue weighted by Crippen LogP contribution is 2.21. The number of rotatable bonds is 5.